The number of carbonyl (C=O) groups excluding carboxylic acids is 1. The van der Waals surface area contributed by atoms with Crippen molar-refractivity contribution >= 4 is 28.2 Å². The van der Waals surface area contributed by atoms with Gasteiger partial charge in [-0.25, -0.2) is 4.79 Å². The van der Waals surface area contributed by atoms with Gasteiger partial charge < -0.3 is 14.1 Å². The molecule has 6 heteroatoms. The molecule has 1 aromatic carbocycles. The molecule has 3 aromatic rings. The Morgan fingerprint density at radius 3 is 2.76 bits per heavy atom. The summed E-state index contributed by atoms with van der Waals surface area (Å²) in [5, 5.41) is 2.56. The molecule has 0 aliphatic rings. The molecule has 130 valence electrons. The molecular weight excluding hydrogens is 338 g/mol. The minimum Gasteiger partial charge on any atom is -0.491 e. The molecule has 0 radical (unpaired) electrons. The quantitative estimate of drug-likeness (QED) is 0.650. The van der Waals surface area contributed by atoms with Crippen molar-refractivity contribution in [2.75, 3.05) is 7.05 Å². The Kier molecular flexibility index (Phi) is 4.90. The summed E-state index contributed by atoms with van der Waals surface area (Å²) < 4.78 is 10.9. The van der Waals surface area contributed by atoms with Crippen molar-refractivity contribution in [3.05, 3.63) is 62.6 Å². The maximum absolute atomic E-state index is 12.8. The molecule has 0 saturated heterocycles. The highest BCUT2D eigenvalue weighted by atomic mass is 32.1. The first-order valence-corrected chi connectivity index (χ1v) is 8.84. The number of fused-ring (bicyclic) bond motifs is 1. The van der Waals surface area contributed by atoms with Gasteiger partial charge in [0, 0.05) is 29.4 Å². The van der Waals surface area contributed by atoms with Crippen LogP contribution in [0.25, 0.3) is 11.0 Å². The number of thiophene rings is 1. The van der Waals surface area contributed by atoms with Crippen LogP contribution >= 0.6 is 11.3 Å². The highest BCUT2D eigenvalue weighted by Crippen LogP contribution is 2.24. The van der Waals surface area contributed by atoms with Crippen molar-refractivity contribution in [2.24, 2.45) is 0 Å². The fraction of sp³-hybridized carbons (Fsp3) is 0.263. The average molecular weight is 357 g/mol. The molecule has 0 aliphatic heterocycles. The van der Waals surface area contributed by atoms with Crippen LogP contribution in [0.3, 0.4) is 0 Å². The Balaban J connectivity index is 1.97. The molecule has 25 heavy (non-hydrogen) atoms. The summed E-state index contributed by atoms with van der Waals surface area (Å²) in [6.07, 6.45) is 0.00548. The third kappa shape index (κ3) is 3.91. The normalized spacial score (nSPS) is 11.0. The van der Waals surface area contributed by atoms with Crippen LogP contribution in [0.1, 0.15) is 29.1 Å². The van der Waals surface area contributed by atoms with Gasteiger partial charge in [-0.05, 0) is 37.4 Å². The zero-order valence-electron chi connectivity index (χ0n) is 14.3. The number of amides is 1. The molecule has 0 bridgehead atoms. The van der Waals surface area contributed by atoms with Gasteiger partial charge in [0.05, 0.1) is 18.2 Å². The zero-order chi connectivity index (χ0) is 18.0. The van der Waals surface area contributed by atoms with Crippen molar-refractivity contribution in [3.63, 3.8) is 0 Å². The summed E-state index contributed by atoms with van der Waals surface area (Å²) in [6.45, 7) is 4.33. The number of rotatable bonds is 5. The number of hydrogen-bond acceptors (Lipinski definition) is 5. The van der Waals surface area contributed by atoms with Gasteiger partial charge in [-0.15, -0.1) is 11.3 Å². The van der Waals surface area contributed by atoms with Crippen LogP contribution in [-0.2, 0) is 6.54 Å². The highest BCUT2D eigenvalue weighted by Gasteiger charge is 2.18. The fourth-order valence-corrected chi connectivity index (χ4v) is 3.34. The van der Waals surface area contributed by atoms with E-state index < -0.39 is 5.63 Å². The molecule has 5 nitrogen and oxygen atoms in total. The minimum atomic E-state index is -0.554. The van der Waals surface area contributed by atoms with Crippen LogP contribution in [0.2, 0.25) is 0 Å². The largest absolute Gasteiger partial charge is 0.491 e. The molecule has 0 unspecified atom stereocenters. The molecule has 0 saturated carbocycles. The second-order valence-electron chi connectivity index (χ2n) is 6.04. The lowest BCUT2D eigenvalue weighted by Gasteiger charge is -2.17. The molecule has 0 spiro atoms. The fourth-order valence-electron chi connectivity index (χ4n) is 2.58. The predicted molar refractivity (Wildman–Crippen MR) is 98.4 cm³/mol. The van der Waals surface area contributed by atoms with Crippen LogP contribution in [0.4, 0.5) is 0 Å². The van der Waals surface area contributed by atoms with E-state index in [1.165, 1.54) is 6.07 Å². The van der Waals surface area contributed by atoms with E-state index in [-0.39, 0.29) is 12.0 Å². The SMILES string of the molecule is CC(C)Oc1ccc2c(C(=O)N(C)Cc3cccs3)cc(=O)oc2c1. The lowest BCUT2D eigenvalue weighted by atomic mass is 10.1. The van der Waals surface area contributed by atoms with Crippen molar-refractivity contribution in [3.8, 4) is 5.75 Å². The Morgan fingerprint density at radius 1 is 1.28 bits per heavy atom. The molecule has 0 atom stereocenters. The maximum Gasteiger partial charge on any atom is 0.337 e. The van der Waals surface area contributed by atoms with Gasteiger partial charge >= 0.3 is 5.63 Å². The van der Waals surface area contributed by atoms with E-state index in [1.807, 2.05) is 31.4 Å². The predicted octanol–water partition coefficient (Wildman–Crippen LogP) is 3.91. The van der Waals surface area contributed by atoms with Crippen LogP contribution < -0.4 is 10.4 Å². The number of ether oxygens (including phenoxy) is 1. The minimum absolute atomic E-state index is 0.00548. The van der Waals surface area contributed by atoms with Gasteiger partial charge in [-0.2, -0.15) is 0 Å². The van der Waals surface area contributed by atoms with E-state index in [4.69, 9.17) is 9.15 Å². The van der Waals surface area contributed by atoms with Gasteiger partial charge in [0.25, 0.3) is 5.91 Å². The van der Waals surface area contributed by atoms with Gasteiger partial charge in [-0.1, -0.05) is 6.07 Å². The van der Waals surface area contributed by atoms with Gasteiger partial charge in [0.1, 0.15) is 11.3 Å². The summed E-state index contributed by atoms with van der Waals surface area (Å²) in [6, 6.07) is 10.3. The summed E-state index contributed by atoms with van der Waals surface area (Å²) in [5.41, 5.74) is 0.127. The van der Waals surface area contributed by atoms with Crippen molar-refractivity contribution in [1.29, 1.82) is 0 Å². The molecule has 2 heterocycles. The third-order valence-electron chi connectivity index (χ3n) is 3.64. The van der Waals surface area contributed by atoms with Gasteiger partial charge in [0.15, 0.2) is 0 Å². The summed E-state index contributed by atoms with van der Waals surface area (Å²) >= 11 is 1.59. The Hall–Kier alpha value is -2.60. The lowest BCUT2D eigenvalue weighted by molar-refractivity contribution is 0.0787. The van der Waals surface area contributed by atoms with E-state index in [0.717, 1.165) is 4.88 Å². The summed E-state index contributed by atoms with van der Waals surface area (Å²) in [4.78, 5) is 27.4. The average Bonchev–Trinajstić information content (AvgIpc) is 3.05. The van der Waals surface area contributed by atoms with Gasteiger partial charge in [-0.3, -0.25) is 4.79 Å². The van der Waals surface area contributed by atoms with Crippen molar-refractivity contribution in [1.82, 2.24) is 4.90 Å². The van der Waals surface area contributed by atoms with Crippen LogP contribution in [0.5, 0.6) is 5.75 Å². The summed E-state index contributed by atoms with van der Waals surface area (Å²) in [7, 11) is 1.72. The first kappa shape index (κ1) is 17.2. The molecule has 3 rings (SSSR count). The van der Waals surface area contributed by atoms with Crippen LogP contribution in [0.15, 0.2) is 51.0 Å². The Bertz CT molecular complexity index is 944. The number of hydrogen-bond donors (Lipinski definition) is 0. The molecule has 1 amide bonds. The number of carbonyl (C=O) groups is 1. The van der Waals surface area contributed by atoms with Gasteiger partial charge in [0.2, 0.25) is 0 Å². The Labute approximate surface area is 149 Å². The number of benzene rings is 1. The zero-order valence-corrected chi connectivity index (χ0v) is 15.1. The molecule has 0 N–H and O–H groups in total. The van der Waals surface area contributed by atoms with Crippen molar-refractivity contribution in [2.45, 2.75) is 26.5 Å². The second kappa shape index (κ2) is 7.11. The monoisotopic (exact) mass is 357 g/mol. The van der Waals surface area contributed by atoms with E-state index in [9.17, 15) is 9.59 Å². The molecular formula is C19H19NO4S. The molecule has 0 aliphatic carbocycles. The third-order valence-corrected chi connectivity index (χ3v) is 4.50. The topological polar surface area (TPSA) is 59.8 Å². The first-order chi connectivity index (χ1) is 11.9. The maximum atomic E-state index is 12.8. The van der Waals surface area contributed by atoms with E-state index >= 15 is 0 Å². The van der Waals surface area contributed by atoms with E-state index in [1.54, 1.807) is 41.5 Å². The molecule has 0 fully saturated rings. The first-order valence-electron chi connectivity index (χ1n) is 7.96. The van der Waals surface area contributed by atoms with Crippen LogP contribution in [0, 0.1) is 0 Å². The Morgan fingerprint density at radius 2 is 2.08 bits per heavy atom. The van der Waals surface area contributed by atoms with Crippen molar-refractivity contribution < 1.29 is 13.9 Å². The molecule has 2 aromatic heterocycles. The lowest BCUT2D eigenvalue weighted by Crippen LogP contribution is -2.26. The van der Waals surface area contributed by atoms with Crippen LogP contribution in [-0.4, -0.2) is 24.0 Å². The number of nitrogens with zero attached hydrogens (tertiary/aromatic N) is 1. The summed E-state index contributed by atoms with van der Waals surface area (Å²) in [5.74, 6) is 0.381. The highest BCUT2D eigenvalue weighted by molar-refractivity contribution is 7.09. The smallest absolute Gasteiger partial charge is 0.337 e. The van der Waals surface area contributed by atoms with E-state index in [2.05, 4.69) is 0 Å². The second-order valence-corrected chi connectivity index (χ2v) is 7.08. The van der Waals surface area contributed by atoms with E-state index in [0.29, 0.717) is 28.8 Å². The standard InChI is InChI=1S/C19H19NO4S/c1-12(2)23-13-6-7-15-16(10-18(21)24-17(15)9-13)19(22)20(3)11-14-5-4-8-25-14/h4-10,12H,11H2,1-3H3.